The molecular formula is C15H22FNO. The molecule has 0 radical (unpaired) electrons. The van der Waals surface area contributed by atoms with Crippen LogP contribution < -0.4 is 10.1 Å². The van der Waals surface area contributed by atoms with Crippen molar-refractivity contribution in [3.63, 3.8) is 0 Å². The fraction of sp³-hybridized carbons (Fsp3) is 0.600. The number of hydrogen-bond donors (Lipinski definition) is 1. The highest BCUT2D eigenvalue weighted by atomic mass is 19.1. The molecule has 0 bridgehead atoms. The molecular weight excluding hydrogens is 229 g/mol. The van der Waals surface area contributed by atoms with Crippen molar-refractivity contribution in [3.8, 4) is 5.75 Å². The van der Waals surface area contributed by atoms with E-state index in [0.717, 1.165) is 30.9 Å². The Hall–Kier alpha value is -1.09. The normalized spacial score (nSPS) is 16.6. The lowest BCUT2D eigenvalue weighted by atomic mass is 10.00. The molecule has 100 valence electrons. The van der Waals surface area contributed by atoms with Gasteiger partial charge in [0.05, 0.1) is 7.11 Å². The third-order valence-corrected chi connectivity index (χ3v) is 3.50. The van der Waals surface area contributed by atoms with Gasteiger partial charge in [-0.25, -0.2) is 4.39 Å². The molecule has 0 aromatic heterocycles. The molecule has 1 atom stereocenters. The van der Waals surface area contributed by atoms with Crippen molar-refractivity contribution in [3.05, 3.63) is 29.6 Å². The summed E-state index contributed by atoms with van der Waals surface area (Å²) in [6.07, 6.45) is 4.67. The average molecular weight is 251 g/mol. The SMILES string of the molecule is CCCNC(CC1CC1)c1cccc(OC)c1F. The molecule has 0 aliphatic heterocycles. The molecule has 1 unspecified atom stereocenters. The number of nitrogens with one attached hydrogen (secondary N) is 1. The summed E-state index contributed by atoms with van der Waals surface area (Å²) in [4.78, 5) is 0. The summed E-state index contributed by atoms with van der Waals surface area (Å²) in [7, 11) is 1.51. The third kappa shape index (κ3) is 3.22. The maximum absolute atomic E-state index is 14.3. The van der Waals surface area contributed by atoms with Gasteiger partial charge >= 0.3 is 0 Å². The smallest absolute Gasteiger partial charge is 0.169 e. The monoisotopic (exact) mass is 251 g/mol. The maximum atomic E-state index is 14.3. The van der Waals surface area contributed by atoms with E-state index in [9.17, 15) is 4.39 Å². The molecule has 0 saturated heterocycles. The largest absolute Gasteiger partial charge is 0.494 e. The van der Waals surface area contributed by atoms with E-state index < -0.39 is 0 Å². The van der Waals surface area contributed by atoms with E-state index in [-0.39, 0.29) is 11.9 Å². The molecule has 1 aliphatic rings. The first-order valence-corrected chi connectivity index (χ1v) is 6.82. The third-order valence-electron chi connectivity index (χ3n) is 3.50. The number of benzene rings is 1. The quantitative estimate of drug-likeness (QED) is 0.798. The topological polar surface area (TPSA) is 21.3 Å². The zero-order valence-electron chi connectivity index (χ0n) is 11.2. The Morgan fingerprint density at radius 1 is 1.44 bits per heavy atom. The molecule has 2 rings (SSSR count). The number of rotatable bonds is 7. The van der Waals surface area contributed by atoms with Crippen molar-refractivity contribution in [2.45, 2.75) is 38.6 Å². The summed E-state index contributed by atoms with van der Waals surface area (Å²) >= 11 is 0. The summed E-state index contributed by atoms with van der Waals surface area (Å²) in [5.41, 5.74) is 0.745. The zero-order valence-corrected chi connectivity index (χ0v) is 11.2. The van der Waals surface area contributed by atoms with E-state index >= 15 is 0 Å². The van der Waals surface area contributed by atoms with Gasteiger partial charge in [-0.05, 0) is 31.4 Å². The van der Waals surface area contributed by atoms with Crippen molar-refractivity contribution >= 4 is 0 Å². The molecule has 1 fully saturated rings. The lowest BCUT2D eigenvalue weighted by Gasteiger charge is -2.20. The highest BCUT2D eigenvalue weighted by molar-refractivity contribution is 5.33. The Balaban J connectivity index is 2.16. The Bertz CT molecular complexity index is 390. The summed E-state index contributed by atoms with van der Waals surface area (Å²) in [5, 5.41) is 3.45. The van der Waals surface area contributed by atoms with Crippen LogP contribution in [0.2, 0.25) is 0 Å². The fourth-order valence-corrected chi connectivity index (χ4v) is 2.28. The van der Waals surface area contributed by atoms with E-state index in [2.05, 4.69) is 12.2 Å². The first-order chi connectivity index (χ1) is 8.76. The summed E-state index contributed by atoms with van der Waals surface area (Å²) in [6, 6.07) is 5.53. The molecule has 1 aromatic rings. The number of hydrogen-bond acceptors (Lipinski definition) is 2. The van der Waals surface area contributed by atoms with E-state index in [0.29, 0.717) is 5.75 Å². The molecule has 0 amide bonds. The first kappa shape index (κ1) is 13.3. The van der Waals surface area contributed by atoms with Gasteiger partial charge in [-0.1, -0.05) is 31.9 Å². The predicted octanol–water partition coefficient (Wildman–Crippen LogP) is 3.68. The van der Waals surface area contributed by atoms with Crippen LogP contribution in [-0.4, -0.2) is 13.7 Å². The van der Waals surface area contributed by atoms with E-state index in [1.165, 1.54) is 20.0 Å². The van der Waals surface area contributed by atoms with Crippen LogP contribution in [0.1, 0.15) is 44.2 Å². The minimum absolute atomic E-state index is 0.118. The summed E-state index contributed by atoms with van der Waals surface area (Å²) in [5.74, 6) is 0.894. The summed E-state index contributed by atoms with van der Waals surface area (Å²) < 4.78 is 19.3. The average Bonchev–Trinajstić information content (AvgIpc) is 3.19. The molecule has 2 nitrogen and oxygen atoms in total. The molecule has 3 heteroatoms. The van der Waals surface area contributed by atoms with Crippen molar-refractivity contribution in [2.75, 3.05) is 13.7 Å². The van der Waals surface area contributed by atoms with Gasteiger partial charge in [0.25, 0.3) is 0 Å². The van der Waals surface area contributed by atoms with Gasteiger partial charge in [0.15, 0.2) is 11.6 Å². The Morgan fingerprint density at radius 2 is 2.22 bits per heavy atom. The van der Waals surface area contributed by atoms with Crippen LogP contribution in [0.15, 0.2) is 18.2 Å². The molecule has 1 aliphatic carbocycles. The van der Waals surface area contributed by atoms with E-state index in [1.54, 1.807) is 6.07 Å². The zero-order chi connectivity index (χ0) is 13.0. The van der Waals surface area contributed by atoms with Crippen molar-refractivity contribution < 1.29 is 9.13 Å². The fourth-order valence-electron chi connectivity index (χ4n) is 2.28. The van der Waals surface area contributed by atoms with Gasteiger partial charge in [-0.3, -0.25) is 0 Å². The highest BCUT2D eigenvalue weighted by Crippen LogP contribution is 2.39. The van der Waals surface area contributed by atoms with Crippen LogP contribution in [-0.2, 0) is 0 Å². The van der Waals surface area contributed by atoms with Crippen LogP contribution in [0.5, 0.6) is 5.75 Å². The molecule has 1 saturated carbocycles. The lowest BCUT2D eigenvalue weighted by molar-refractivity contribution is 0.375. The molecule has 0 heterocycles. The standard InChI is InChI=1S/C15H22FNO/c1-3-9-17-13(10-11-7-8-11)12-5-4-6-14(18-2)15(12)16/h4-6,11,13,17H,3,7-10H2,1-2H3. The summed E-state index contributed by atoms with van der Waals surface area (Å²) in [6.45, 7) is 3.05. The van der Waals surface area contributed by atoms with Crippen LogP contribution >= 0.6 is 0 Å². The second-order valence-electron chi connectivity index (χ2n) is 5.05. The van der Waals surface area contributed by atoms with Gasteiger partial charge in [-0.15, -0.1) is 0 Å². The Morgan fingerprint density at radius 3 is 2.83 bits per heavy atom. The number of ether oxygens (including phenoxy) is 1. The molecule has 1 N–H and O–H groups in total. The minimum Gasteiger partial charge on any atom is -0.494 e. The second kappa shape index (κ2) is 6.19. The van der Waals surface area contributed by atoms with Gasteiger partial charge < -0.3 is 10.1 Å². The van der Waals surface area contributed by atoms with E-state index in [4.69, 9.17) is 4.74 Å². The van der Waals surface area contributed by atoms with Crippen LogP contribution in [0.3, 0.4) is 0 Å². The Labute approximate surface area is 109 Å². The van der Waals surface area contributed by atoms with Crippen LogP contribution in [0, 0.1) is 11.7 Å². The second-order valence-corrected chi connectivity index (χ2v) is 5.05. The lowest BCUT2D eigenvalue weighted by Crippen LogP contribution is -2.23. The van der Waals surface area contributed by atoms with Gasteiger partial charge in [0.2, 0.25) is 0 Å². The number of methoxy groups -OCH3 is 1. The van der Waals surface area contributed by atoms with Gasteiger partial charge in [0, 0.05) is 11.6 Å². The minimum atomic E-state index is -0.214. The van der Waals surface area contributed by atoms with Gasteiger partial charge in [-0.2, -0.15) is 0 Å². The van der Waals surface area contributed by atoms with Crippen LogP contribution in [0.4, 0.5) is 4.39 Å². The van der Waals surface area contributed by atoms with Crippen molar-refractivity contribution in [1.82, 2.24) is 5.32 Å². The van der Waals surface area contributed by atoms with Crippen LogP contribution in [0.25, 0.3) is 0 Å². The highest BCUT2D eigenvalue weighted by Gasteiger charge is 2.27. The van der Waals surface area contributed by atoms with Crippen molar-refractivity contribution in [1.29, 1.82) is 0 Å². The molecule has 0 spiro atoms. The van der Waals surface area contributed by atoms with Crippen molar-refractivity contribution in [2.24, 2.45) is 5.92 Å². The van der Waals surface area contributed by atoms with E-state index in [1.807, 2.05) is 12.1 Å². The first-order valence-electron chi connectivity index (χ1n) is 6.82. The van der Waals surface area contributed by atoms with Gasteiger partial charge in [0.1, 0.15) is 0 Å². The number of halogens is 1. The molecule has 1 aromatic carbocycles. The molecule has 18 heavy (non-hydrogen) atoms. The Kier molecular flexibility index (Phi) is 4.59. The predicted molar refractivity (Wildman–Crippen MR) is 71.3 cm³/mol. The maximum Gasteiger partial charge on any atom is 0.169 e.